The van der Waals surface area contributed by atoms with Crippen LogP contribution in [0.3, 0.4) is 0 Å². The number of benzene rings is 1. The summed E-state index contributed by atoms with van der Waals surface area (Å²) >= 11 is 7.12. The molecule has 0 aliphatic carbocycles. The number of methoxy groups -OCH3 is 1. The van der Waals surface area contributed by atoms with Crippen LogP contribution >= 0.6 is 22.9 Å². The molecule has 2 aromatic heterocycles. The van der Waals surface area contributed by atoms with Crippen LogP contribution in [0.4, 0.5) is 5.69 Å². The summed E-state index contributed by atoms with van der Waals surface area (Å²) in [7, 11) is 1.26. The van der Waals surface area contributed by atoms with E-state index in [1.807, 2.05) is 6.07 Å². The minimum Gasteiger partial charge on any atom is -0.465 e. The van der Waals surface area contributed by atoms with Crippen LogP contribution in [0.25, 0.3) is 17.0 Å². The number of hydrogen-bond donors (Lipinski definition) is 1. The van der Waals surface area contributed by atoms with E-state index in [2.05, 4.69) is 4.98 Å². The highest BCUT2D eigenvalue weighted by molar-refractivity contribution is 7.12. The van der Waals surface area contributed by atoms with Crippen LogP contribution < -0.4 is 4.90 Å². The monoisotopic (exact) mass is 400 g/mol. The largest absolute Gasteiger partial charge is 0.465 e. The van der Waals surface area contributed by atoms with Gasteiger partial charge in [-0.3, -0.25) is 9.59 Å². The second kappa shape index (κ2) is 6.68. The van der Waals surface area contributed by atoms with Gasteiger partial charge in [0.15, 0.2) is 0 Å². The van der Waals surface area contributed by atoms with Crippen molar-refractivity contribution in [3.05, 3.63) is 56.9 Å². The van der Waals surface area contributed by atoms with Crippen molar-refractivity contribution >= 4 is 63.4 Å². The zero-order valence-corrected chi connectivity index (χ0v) is 15.7. The maximum atomic E-state index is 12.9. The first-order valence-corrected chi connectivity index (χ1v) is 9.25. The first kappa shape index (κ1) is 17.5. The fourth-order valence-electron chi connectivity index (χ4n) is 3.08. The van der Waals surface area contributed by atoms with Crippen molar-refractivity contribution in [2.24, 2.45) is 0 Å². The molecule has 0 atom stereocenters. The molecule has 1 saturated heterocycles. The number of ether oxygens (including phenoxy) is 1. The van der Waals surface area contributed by atoms with Gasteiger partial charge in [0.2, 0.25) is 5.91 Å². The molecule has 1 aliphatic rings. The number of thiophene rings is 1. The summed E-state index contributed by atoms with van der Waals surface area (Å²) in [6, 6.07) is 6.99. The van der Waals surface area contributed by atoms with E-state index in [1.165, 1.54) is 7.11 Å². The Morgan fingerprint density at radius 3 is 2.93 bits per heavy atom. The lowest BCUT2D eigenvalue weighted by Gasteiger charge is -2.13. The lowest BCUT2D eigenvalue weighted by molar-refractivity contribution is -0.120. The van der Waals surface area contributed by atoms with Crippen LogP contribution in [0.15, 0.2) is 41.4 Å². The van der Waals surface area contributed by atoms with E-state index in [-0.39, 0.29) is 22.9 Å². The van der Waals surface area contributed by atoms with E-state index in [4.69, 9.17) is 16.3 Å². The topological polar surface area (TPSA) is 79.5 Å². The molecule has 3 aromatic rings. The van der Waals surface area contributed by atoms with E-state index in [9.17, 15) is 14.4 Å². The third kappa shape index (κ3) is 2.94. The van der Waals surface area contributed by atoms with Crippen LogP contribution in [0.5, 0.6) is 0 Å². The van der Waals surface area contributed by atoms with Crippen molar-refractivity contribution in [2.75, 3.05) is 12.0 Å². The summed E-state index contributed by atoms with van der Waals surface area (Å²) in [6.07, 6.45) is 3.42. The smallest absolute Gasteiger partial charge is 0.350 e. The first-order chi connectivity index (χ1) is 13.0. The van der Waals surface area contributed by atoms with Crippen molar-refractivity contribution in [1.29, 1.82) is 0 Å². The van der Waals surface area contributed by atoms with Crippen LogP contribution in [0, 0.1) is 0 Å². The quantitative estimate of drug-likeness (QED) is 0.409. The van der Waals surface area contributed by atoms with E-state index in [0.29, 0.717) is 10.6 Å². The molecule has 1 N–H and O–H groups in total. The van der Waals surface area contributed by atoms with Gasteiger partial charge in [0.25, 0.3) is 5.91 Å². The molecule has 3 heterocycles. The summed E-state index contributed by atoms with van der Waals surface area (Å²) in [6.45, 7) is 0. The molecule has 4 rings (SSSR count). The summed E-state index contributed by atoms with van der Waals surface area (Å²) in [5.74, 6) is -1.39. The number of esters is 1. The van der Waals surface area contributed by atoms with Crippen LogP contribution in [0.1, 0.15) is 21.7 Å². The summed E-state index contributed by atoms with van der Waals surface area (Å²) in [5.41, 5.74) is 2.25. The molecule has 0 saturated carbocycles. The average Bonchev–Trinajstić information content (AvgIpc) is 3.33. The van der Waals surface area contributed by atoms with Crippen molar-refractivity contribution < 1.29 is 19.1 Å². The molecule has 0 radical (unpaired) electrons. The zero-order chi connectivity index (χ0) is 19.1. The van der Waals surface area contributed by atoms with Gasteiger partial charge in [0.05, 0.1) is 19.2 Å². The molecule has 8 heteroatoms. The number of fused-ring (bicyclic) bond motifs is 1. The summed E-state index contributed by atoms with van der Waals surface area (Å²) < 4.78 is 4.73. The maximum absolute atomic E-state index is 12.9. The number of rotatable bonds is 3. The Morgan fingerprint density at radius 2 is 2.15 bits per heavy atom. The molecule has 0 unspecified atom stereocenters. The Hall–Kier alpha value is -2.90. The van der Waals surface area contributed by atoms with E-state index in [1.54, 1.807) is 35.9 Å². The molecular weight excluding hydrogens is 388 g/mol. The number of imide groups is 1. The minimum absolute atomic E-state index is 0.0322. The SMILES string of the molecule is COC(=O)c1sccc1N1C(=O)C/C(=C/c2c[nH]c3cc(Cl)ccc23)C1=O. The fraction of sp³-hybridized carbons (Fsp3) is 0.105. The van der Waals surface area contributed by atoms with Gasteiger partial charge in [-0.2, -0.15) is 0 Å². The lowest BCUT2D eigenvalue weighted by Crippen LogP contribution is -2.29. The molecule has 136 valence electrons. The second-order valence-corrected chi connectivity index (χ2v) is 7.29. The normalized spacial score (nSPS) is 15.9. The molecule has 0 spiro atoms. The zero-order valence-electron chi connectivity index (χ0n) is 14.1. The van der Waals surface area contributed by atoms with Gasteiger partial charge in [-0.15, -0.1) is 11.3 Å². The van der Waals surface area contributed by atoms with Gasteiger partial charge >= 0.3 is 5.97 Å². The predicted molar refractivity (Wildman–Crippen MR) is 104 cm³/mol. The Kier molecular flexibility index (Phi) is 4.33. The molecular formula is C19H13ClN2O4S. The van der Waals surface area contributed by atoms with Crippen molar-refractivity contribution in [3.63, 3.8) is 0 Å². The van der Waals surface area contributed by atoms with Gasteiger partial charge in [0, 0.05) is 33.3 Å². The van der Waals surface area contributed by atoms with Crippen LogP contribution in [0.2, 0.25) is 5.02 Å². The highest BCUT2D eigenvalue weighted by Gasteiger charge is 2.37. The number of nitrogens with zero attached hydrogens (tertiary/aromatic N) is 1. The maximum Gasteiger partial charge on any atom is 0.350 e. The predicted octanol–water partition coefficient (Wildman–Crippen LogP) is 4.02. The molecule has 2 amide bonds. The lowest BCUT2D eigenvalue weighted by atomic mass is 10.1. The number of nitrogens with one attached hydrogen (secondary N) is 1. The van der Waals surface area contributed by atoms with Gasteiger partial charge < -0.3 is 9.72 Å². The Labute approximate surface area is 163 Å². The summed E-state index contributed by atoms with van der Waals surface area (Å²) in [5, 5.41) is 3.15. The van der Waals surface area contributed by atoms with Gasteiger partial charge in [-0.1, -0.05) is 17.7 Å². The van der Waals surface area contributed by atoms with E-state index >= 15 is 0 Å². The van der Waals surface area contributed by atoms with Crippen LogP contribution in [-0.2, 0) is 14.3 Å². The molecule has 6 nitrogen and oxygen atoms in total. The molecule has 1 fully saturated rings. The Morgan fingerprint density at radius 1 is 1.33 bits per heavy atom. The number of carbonyl (C=O) groups excluding carboxylic acids is 3. The van der Waals surface area contributed by atoms with Gasteiger partial charge in [-0.25, -0.2) is 9.69 Å². The number of halogens is 1. The molecule has 1 aliphatic heterocycles. The van der Waals surface area contributed by atoms with E-state index in [0.717, 1.165) is 32.7 Å². The number of carbonyl (C=O) groups is 3. The number of hydrogen-bond acceptors (Lipinski definition) is 5. The molecule has 27 heavy (non-hydrogen) atoms. The second-order valence-electron chi connectivity index (χ2n) is 5.94. The third-order valence-corrected chi connectivity index (χ3v) is 5.45. The number of anilines is 1. The third-order valence-electron chi connectivity index (χ3n) is 4.33. The molecule has 0 bridgehead atoms. The van der Waals surface area contributed by atoms with Gasteiger partial charge in [-0.05, 0) is 29.7 Å². The fourth-order valence-corrected chi connectivity index (χ4v) is 4.05. The Balaban J connectivity index is 1.72. The van der Waals surface area contributed by atoms with Crippen LogP contribution in [-0.4, -0.2) is 29.9 Å². The standard InChI is InChI=1S/C19H13ClN2O4S/c1-26-19(25)17-15(4-5-27-17)22-16(23)7-10(18(22)24)6-11-9-21-14-8-12(20)2-3-13(11)14/h2-6,8-9,21H,7H2,1H3/b10-6-. The summed E-state index contributed by atoms with van der Waals surface area (Å²) in [4.78, 5) is 41.6. The minimum atomic E-state index is -0.577. The average molecular weight is 401 g/mol. The van der Waals surface area contributed by atoms with Crippen molar-refractivity contribution in [2.45, 2.75) is 6.42 Å². The van der Waals surface area contributed by atoms with Crippen molar-refractivity contribution in [3.8, 4) is 0 Å². The van der Waals surface area contributed by atoms with Gasteiger partial charge in [0.1, 0.15) is 4.88 Å². The van der Waals surface area contributed by atoms with Crippen molar-refractivity contribution in [1.82, 2.24) is 4.98 Å². The number of aromatic amines is 1. The highest BCUT2D eigenvalue weighted by Crippen LogP contribution is 2.34. The highest BCUT2D eigenvalue weighted by atomic mass is 35.5. The Bertz CT molecular complexity index is 1130. The number of amides is 2. The number of aromatic nitrogens is 1. The first-order valence-electron chi connectivity index (χ1n) is 8.00. The van der Waals surface area contributed by atoms with E-state index < -0.39 is 11.9 Å². The molecule has 1 aromatic carbocycles. The number of H-pyrrole nitrogens is 1.